The van der Waals surface area contributed by atoms with Gasteiger partial charge in [-0.2, -0.15) is 0 Å². The fourth-order valence-electron chi connectivity index (χ4n) is 1.91. The average molecular weight is 274 g/mol. The first kappa shape index (κ1) is 14.5. The summed E-state index contributed by atoms with van der Waals surface area (Å²) in [5.74, 6) is 0.00716. The second-order valence-corrected chi connectivity index (χ2v) is 4.51. The number of phenols is 1. The van der Waals surface area contributed by atoms with Crippen molar-refractivity contribution in [2.24, 2.45) is 0 Å². The fraction of sp³-hybridized carbons (Fsp3) is 0.250. The van der Waals surface area contributed by atoms with E-state index in [1.54, 1.807) is 6.07 Å². The molecular weight excluding hydrogens is 256 g/mol. The number of aromatic hydroxyl groups is 1. The average Bonchev–Trinajstić information content (AvgIpc) is 2.48. The lowest BCUT2D eigenvalue weighted by Gasteiger charge is -2.13. The van der Waals surface area contributed by atoms with Gasteiger partial charge in [-0.1, -0.05) is 36.4 Å². The minimum atomic E-state index is -1.07. The van der Waals surface area contributed by atoms with Gasteiger partial charge in [-0.3, -0.25) is 0 Å². The fourth-order valence-corrected chi connectivity index (χ4v) is 1.91. The van der Waals surface area contributed by atoms with Crippen LogP contribution in [0.15, 0.2) is 48.5 Å². The molecule has 0 radical (unpaired) electrons. The molecule has 0 aliphatic carbocycles. The van der Waals surface area contributed by atoms with Crippen LogP contribution in [-0.4, -0.2) is 21.9 Å². The Morgan fingerprint density at radius 1 is 1.05 bits per heavy atom. The number of aliphatic hydroxyl groups excluding tert-OH is 2. The van der Waals surface area contributed by atoms with Crippen LogP contribution < -0.4 is 0 Å². The van der Waals surface area contributed by atoms with Crippen LogP contribution in [0.25, 0.3) is 0 Å². The van der Waals surface area contributed by atoms with Crippen LogP contribution in [0.2, 0.25) is 0 Å². The SMILES string of the molecule is OCc1cc(C(O)OCCc2ccccc2)ccc1O. The van der Waals surface area contributed by atoms with Gasteiger partial charge < -0.3 is 20.1 Å². The smallest absolute Gasteiger partial charge is 0.181 e. The minimum Gasteiger partial charge on any atom is -0.508 e. The van der Waals surface area contributed by atoms with Crippen LogP contribution in [0.1, 0.15) is 23.0 Å². The molecule has 20 heavy (non-hydrogen) atoms. The molecule has 4 nitrogen and oxygen atoms in total. The van der Waals surface area contributed by atoms with Gasteiger partial charge in [-0.05, 0) is 24.1 Å². The number of benzene rings is 2. The van der Waals surface area contributed by atoms with Crippen molar-refractivity contribution in [3.8, 4) is 5.75 Å². The monoisotopic (exact) mass is 274 g/mol. The molecule has 3 N–H and O–H groups in total. The van der Waals surface area contributed by atoms with Crippen molar-refractivity contribution >= 4 is 0 Å². The molecular formula is C16H18O4. The molecule has 0 aliphatic rings. The molecule has 2 aromatic carbocycles. The molecule has 0 aliphatic heterocycles. The summed E-state index contributed by atoms with van der Waals surface area (Å²) in [5.41, 5.74) is 2.02. The molecule has 106 valence electrons. The highest BCUT2D eigenvalue weighted by atomic mass is 16.6. The Balaban J connectivity index is 1.90. The molecule has 2 rings (SSSR count). The van der Waals surface area contributed by atoms with Gasteiger partial charge in [0.2, 0.25) is 0 Å². The van der Waals surface area contributed by atoms with E-state index in [2.05, 4.69) is 0 Å². The van der Waals surface area contributed by atoms with Gasteiger partial charge in [-0.15, -0.1) is 0 Å². The Labute approximate surface area is 117 Å². The topological polar surface area (TPSA) is 69.9 Å². The van der Waals surface area contributed by atoms with Gasteiger partial charge in [0.15, 0.2) is 6.29 Å². The zero-order valence-electron chi connectivity index (χ0n) is 11.1. The molecule has 0 amide bonds. The highest BCUT2D eigenvalue weighted by Gasteiger charge is 2.10. The summed E-state index contributed by atoms with van der Waals surface area (Å²) in [7, 11) is 0. The molecule has 1 atom stereocenters. The summed E-state index contributed by atoms with van der Waals surface area (Å²) in [6.45, 7) is 0.108. The van der Waals surface area contributed by atoms with Gasteiger partial charge in [-0.25, -0.2) is 0 Å². The summed E-state index contributed by atoms with van der Waals surface area (Å²) in [5, 5.41) is 28.4. The van der Waals surface area contributed by atoms with E-state index in [-0.39, 0.29) is 12.4 Å². The standard InChI is InChI=1S/C16H18O4/c17-11-14-10-13(6-7-15(14)18)16(19)20-9-8-12-4-2-1-3-5-12/h1-7,10,16-19H,8-9,11H2. The predicted molar refractivity (Wildman–Crippen MR) is 75.1 cm³/mol. The predicted octanol–water partition coefficient (Wildman–Crippen LogP) is 2.13. The van der Waals surface area contributed by atoms with Crippen molar-refractivity contribution in [3.63, 3.8) is 0 Å². The normalized spacial score (nSPS) is 12.3. The van der Waals surface area contributed by atoms with Gasteiger partial charge in [0.1, 0.15) is 5.75 Å². The van der Waals surface area contributed by atoms with Gasteiger partial charge in [0, 0.05) is 11.1 Å². The van der Waals surface area contributed by atoms with Crippen LogP contribution in [0.3, 0.4) is 0 Å². The lowest BCUT2D eigenvalue weighted by molar-refractivity contribution is -0.102. The van der Waals surface area contributed by atoms with E-state index in [0.717, 1.165) is 5.56 Å². The second kappa shape index (κ2) is 7.05. The highest BCUT2D eigenvalue weighted by Crippen LogP contribution is 2.23. The van der Waals surface area contributed by atoms with Crippen LogP contribution in [0.4, 0.5) is 0 Å². The Morgan fingerprint density at radius 3 is 2.50 bits per heavy atom. The Hall–Kier alpha value is -1.88. The number of hydrogen-bond donors (Lipinski definition) is 3. The molecule has 2 aromatic rings. The van der Waals surface area contributed by atoms with E-state index in [9.17, 15) is 10.2 Å². The van der Waals surface area contributed by atoms with Gasteiger partial charge in [0.25, 0.3) is 0 Å². The Kier molecular flexibility index (Phi) is 5.12. The van der Waals surface area contributed by atoms with Crippen molar-refractivity contribution in [2.75, 3.05) is 6.61 Å². The number of aliphatic hydroxyl groups is 2. The minimum absolute atomic E-state index is 0.00716. The van der Waals surface area contributed by atoms with E-state index in [0.29, 0.717) is 24.2 Å². The zero-order chi connectivity index (χ0) is 14.4. The third-order valence-corrected chi connectivity index (χ3v) is 3.07. The van der Waals surface area contributed by atoms with Crippen molar-refractivity contribution in [2.45, 2.75) is 19.3 Å². The summed E-state index contributed by atoms with van der Waals surface area (Å²) in [4.78, 5) is 0. The lowest BCUT2D eigenvalue weighted by Crippen LogP contribution is -2.07. The van der Waals surface area contributed by atoms with Crippen molar-refractivity contribution in [3.05, 3.63) is 65.2 Å². The molecule has 0 fully saturated rings. The summed E-state index contributed by atoms with van der Waals surface area (Å²) >= 11 is 0. The van der Waals surface area contributed by atoms with Crippen molar-refractivity contribution < 1.29 is 20.1 Å². The van der Waals surface area contributed by atoms with Crippen LogP contribution in [0.5, 0.6) is 5.75 Å². The van der Waals surface area contributed by atoms with Crippen molar-refractivity contribution in [1.29, 1.82) is 0 Å². The molecule has 0 aromatic heterocycles. The highest BCUT2D eigenvalue weighted by molar-refractivity contribution is 5.36. The third-order valence-electron chi connectivity index (χ3n) is 3.07. The third kappa shape index (κ3) is 3.81. The van der Waals surface area contributed by atoms with Crippen molar-refractivity contribution in [1.82, 2.24) is 0 Å². The van der Waals surface area contributed by atoms with E-state index in [4.69, 9.17) is 9.84 Å². The van der Waals surface area contributed by atoms with Crippen LogP contribution in [-0.2, 0) is 17.8 Å². The van der Waals surface area contributed by atoms with Gasteiger partial charge in [0.05, 0.1) is 13.2 Å². The summed E-state index contributed by atoms with van der Waals surface area (Å²) in [6, 6.07) is 14.4. The number of rotatable bonds is 6. The molecule has 1 unspecified atom stereocenters. The molecule has 0 saturated heterocycles. The molecule has 0 saturated carbocycles. The molecule has 0 heterocycles. The Morgan fingerprint density at radius 2 is 1.80 bits per heavy atom. The largest absolute Gasteiger partial charge is 0.508 e. The molecule has 0 bridgehead atoms. The maximum atomic E-state index is 9.92. The van der Waals surface area contributed by atoms with E-state index < -0.39 is 6.29 Å². The summed E-state index contributed by atoms with van der Waals surface area (Å²) in [6.07, 6.45) is -0.354. The summed E-state index contributed by atoms with van der Waals surface area (Å²) < 4.78 is 5.36. The van der Waals surface area contributed by atoms with E-state index >= 15 is 0 Å². The number of ether oxygens (including phenoxy) is 1. The quantitative estimate of drug-likeness (QED) is 0.706. The molecule has 4 heteroatoms. The maximum Gasteiger partial charge on any atom is 0.181 e. The first-order valence-electron chi connectivity index (χ1n) is 6.47. The van der Waals surface area contributed by atoms with Crippen LogP contribution >= 0.6 is 0 Å². The first-order valence-corrected chi connectivity index (χ1v) is 6.47. The second-order valence-electron chi connectivity index (χ2n) is 4.51. The zero-order valence-corrected chi connectivity index (χ0v) is 11.1. The van der Waals surface area contributed by atoms with Gasteiger partial charge >= 0.3 is 0 Å². The first-order chi connectivity index (χ1) is 9.70. The number of hydrogen-bond acceptors (Lipinski definition) is 4. The maximum absolute atomic E-state index is 9.92. The lowest BCUT2D eigenvalue weighted by atomic mass is 10.1. The Bertz CT molecular complexity index is 539. The molecule has 0 spiro atoms. The van der Waals surface area contributed by atoms with E-state index in [1.807, 2.05) is 30.3 Å². The van der Waals surface area contributed by atoms with E-state index in [1.165, 1.54) is 12.1 Å². The van der Waals surface area contributed by atoms with Crippen LogP contribution in [0, 0.1) is 0 Å².